The van der Waals surface area contributed by atoms with E-state index in [1.807, 2.05) is 0 Å². The second-order valence-electron chi connectivity index (χ2n) is 9.05. The van der Waals surface area contributed by atoms with Gasteiger partial charge in [-0.15, -0.1) is 0 Å². The Bertz CT molecular complexity index is 1230. The topological polar surface area (TPSA) is 197 Å². The molecule has 0 radical (unpaired) electrons. The van der Waals surface area contributed by atoms with E-state index in [9.17, 15) is 34.4 Å². The van der Waals surface area contributed by atoms with E-state index in [4.69, 9.17) is 9.26 Å². The van der Waals surface area contributed by atoms with Crippen molar-refractivity contribution in [3.63, 3.8) is 0 Å². The molecular weight excluding hydrogens is 471 g/mol. The van der Waals surface area contributed by atoms with Crippen LogP contribution in [-0.4, -0.2) is 69.0 Å². The number of nitrogens with one attached hydrogen (secondary N) is 1. The summed E-state index contributed by atoms with van der Waals surface area (Å²) < 4.78 is 24.9. The fourth-order valence-corrected chi connectivity index (χ4v) is 5.04. The van der Waals surface area contributed by atoms with E-state index in [1.54, 1.807) is 13.8 Å². The number of H-pyrrole nitrogens is 1. The Morgan fingerprint density at radius 3 is 2.44 bits per heavy atom. The Hall–Kier alpha value is -1.99. The van der Waals surface area contributed by atoms with Crippen LogP contribution in [-0.2, 0) is 13.8 Å². The quantitative estimate of drug-likeness (QED) is 0.311. The zero-order valence-electron chi connectivity index (χ0n) is 19.6. The number of nitrogens with zero attached hydrogens (tertiary/aromatic N) is 3. The minimum Gasteiger partial charge on any atom is -0.388 e. The molecule has 1 aliphatic heterocycles. The maximum Gasteiger partial charge on any atom is 0.359 e. The third-order valence-corrected chi connectivity index (χ3v) is 8.62. The highest BCUT2D eigenvalue weighted by Crippen LogP contribution is 2.59. The summed E-state index contributed by atoms with van der Waals surface area (Å²) in [5.74, 6) is 0. The van der Waals surface area contributed by atoms with Crippen molar-refractivity contribution in [3.05, 3.63) is 32.7 Å². The van der Waals surface area contributed by atoms with Crippen LogP contribution in [0.25, 0.3) is 11.2 Å². The molecule has 0 amide bonds. The summed E-state index contributed by atoms with van der Waals surface area (Å²) in [6, 6.07) is 0. The molecule has 3 heterocycles. The molecule has 2 aromatic rings. The van der Waals surface area contributed by atoms with E-state index in [2.05, 4.69) is 15.0 Å². The summed E-state index contributed by atoms with van der Waals surface area (Å²) in [6.07, 6.45) is -4.08. The molecule has 0 aliphatic carbocycles. The minimum absolute atomic E-state index is 0.0272. The number of rotatable bonds is 8. The van der Waals surface area contributed by atoms with Crippen molar-refractivity contribution in [1.29, 1.82) is 0 Å². The average molecular weight is 502 g/mol. The molecule has 7 atom stereocenters. The van der Waals surface area contributed by atoms with Gasteiger partial charge in [-0.05, 0) is 33.6 Å². The van der Waals surface area contributed by atoms with Gasteiger partial charge >= 0.3 is 13.3 Å². The van der Waals surface area contributed by atoms with Crippen LogP contribution in [0.15, 0.2) is 15.8 Å². The van der Waals surface area contributed by atoms with Gasteiger partial charge in [0.25, 0.3) is 5.56 Å². The van der Waals surface area contributed by atoms with Gasteiger partial charge < -0.3 is 34.5 Å². The van der Waals surface area contributed by atoms with Crippen molar-refractivity contribution in [1.82, 2.24) is 19.5 Å². The highest BCUT2D eigenvalue weighted by atomic mass is 31.2. The highest BCUT2D eigenvalue weighted by molar-refractivity contribution is 7.54. The Kier molecular flexibility index (Phi) is 7.22. The van der Waals surface area contributed by atoms with Gasteiger partial charge in [-0.3, -0.25) is 13.9 Å². The number of aliphatic hydroxyl groups excluding tert-OH is 2. The molecule has 4 unspecified atom stereocenters. The van der Waals surface area contributed by atoms with Crippen molar-refractivity contribution < 1.29 is 34.0 Å². The smallest absolute Gasteiger partial charge is 0.359 e. The van der Waals surface area contributed by atoms with E-state index in [-0.39, 0.29) is 36.1 Å². The molecule has 13 nitrogen and oxygen atoms in total. The van der Waals surface area contributed by atoms with Crippen LogP contribution in [0.4, 0.5) is 0 Å². The van der Waals surface area contributed by atoms with Gasteiger partial charge in [0.15, 0.2) is 17.2 Å². The van der Waals surface area contributed by atoms with E-state index < -0.39 is 54.3 Å². The standard InChI is InChI=1S/C20H31N4O9P/c1-6-19(4,33-34(30,31)20(5,29)7-2)8-12-13(25)14(26)17(32-12)24-9-11-15(23-18(24)28)22-16(27)10(3)21-11/h9,12-14,17,25-26,29H,6-8H2,1-5H3,(H,30,31)(H,22,23,27,28)/t12-,13?,14+,17-,19?,20?/m1/s1. The fourth-order valence-electron chi connectivity index (χ4n) is 3.64. The zero-order valence-corrected chi connectivity index (χ0v) is 20.5. The third kappa shape index (κ3) is 4.87. The summed E-state index contributed by atoms with van der Waals surface area (Å²) in [7, 11) is -4.49. The lowest BCUT2D eigenvalue weighted by molar-refractivity contribution is -0.0713. The summed E-state index contributed by atoms with van der Waals surface area (Å²) in [5, 5.41) is 29.5. The van der Waals surface area contributed by atoms with Crippen molar-refractivity contribution in [2.45, 2.75) is 89.4 Å². The predicted molar refractivity (Wildman–Crippen MR) is 120 cm³/mol. The van der Waals surface area contributed by atoms with Crippen molar-refractivity contribution in [3.8, 4) is 0 Å². The minimum atomic E-state index is -4.49. The lowest BCUT2D eigenvalue weighted by Gasteiger charge is -2.37. The molecule has 34 heavy (non-hydrogen) atoms. The number of aromatic nitrogens is 4. The highest BCUT2D eigenvalue weighted by Gasteiger charge is 2.50. The van der Waals surface area contributed by atoms with Gasteiger partial charge in [-0.2, -0.15) is 4.98 Å². The number of ether oxygens (including phenoxy) is 1. The molecule has 0 bridgehead atoms. The van der Waals surface area contributed by atoms with Crippen LogP contribution >= 0.6 is 7.60 Å². The van der Waals surface area contributed by atoms with Gasteiger partial charge in [0.2, 0.25) is 0 Å². The van der Waals surface area contributed by atoms with Gasteiger partial charge in [0.1, 0.15) is 23.4 Å². The van der Waals surface area contributed by atoms with Gasteiger partial charge in [-0.1, -0.05) is 13.8 Å². The molecule has 0 aromatic carbocycles. The molecule has 3 rings (SSSR count). The van der Waals surface area contributed by atoms with Crippen LogP contribution in [0.1, 0.15) is 58.9 Å². The van der Waals surface area contributed by atoms with Crippen molar-refractivity contribution in [2.24, 2.45) is 0 Å². The normalized spacial score (nSPS) is 28.4. The molecule has 0 saturated carbocycles. The summed E-state index contributed by atoms with van der Waals surface area (Å²) in [5.41, 5.74) is -2.36. The van der Waals surface area contributed by atoms with Crippen LogP contribution in [0.3, 0.4) is 0 Å². The molecule has 14 heteroatoms. The average Bonchev–Trinajstić information content (AvgIpc) is 3.02. The maximum atomic E-state index is 12.7. The number of hydrogen-bond donors (Lipinski definition) is 5. The first-order valence-electron chi connectivity index (χ1n) is 10.9. The largest absolute Gasteiger partial charge is 0.388 e. The molecule has 5 N–H and O–H groups in total. The maximum absolute atomic E-state index is 12.7. The monoisotopic (exact) mass is 502 g/mol. The van der Waals surface area contributed by atoms with Gasteiger partial charge in [-0.25, -0.2) is 9.78 Å². The Morgan fingerprint density at radius 1 is 1.21 bits per heavy atom. The van der Waals surface area contributed by atoms with E-state index in [0.717, 1.165) is 4.57 Å². The van der Waals surface area contributed by atoms with Crippen LogP contribution in [0.5, 0.6) is 0 Å². The summed E-state index contributed by atoms with van der Waals surface area (Å²) in [4.78, 5) is 44.9. The molecule has 2 aromatic heterocycles. The molecule has 0 spiro atoms. The second-order valence-corrected chi connectivity index (χ2v) is 11.2. The fraction of sp³-hybridized carbons (Fsp3) is 0.700. The number of hydrogen-bond acceptors (Lipinski definition) is 10. The predicted octanol–water partition coefficient (Wildman–Crippen LogP) is 0.287. The number of aliphatic hydroxyl groups is 3. The molecule has 1 aliphatic rings. The summed E-state index contributed by atoms with van der Waals surface area (Å²) in [6.45, 7) is 7.46. The molecule has 1 saturated heterocycles. The molecule has 1 fully saturated rings. The first-order valence-corrected chi connectivity index (χ1v) is 12.5. The van der Waals surface area contributed by atoms with Crippen LogP contribution < -0.4 is 11.2 Å². The number of aryl methyl sites for hydroxylation is 1. The van der Waals surface area contributed by atoms with E-state index >= 15 is 0 Å². The van der Waals surface area contributed by atoms with Crippen LogP contribution in [0, 0.1) is 6.92 Å². The second kappa shape index (κ2) is 9.23. The lowest BCUT2D eigenvalue weighted by atomic mass is 9.93. The molecular formula is C20H31N4O9P. The zero-order chi connectivity index (χ0) is 25.6. The third-order valence-electron chi connectivity index (χ3n) is 6.40. The first kappa shape index (κ1) is 26.6. The number of fused-ring (bicyclic) bond motifs is 1. The Labute approximate surface area is 194 Å². The van der Waals surface area contributed by atoms with Crippen LogP contribution in [0.2, 0.25) is 0 Å². The van der Waals surface area contributed by atoms with Gasteiger partial charge in [0, 0.05) is 12.6 Å². The van der Waals surface area contributed by atoms with Gasteiger partial charge in [0.05, 0.1) is 11.7 Å². The Morgan fingerprint density at radius 2 is 1.85 bits per heavy atom. The Balaban J connectivity index is 1.89. The lowest BCUT2D eigenvalue weighted by Crippen LogP contribution is -2.40. The number of aromatic amines is 1. The van der Waals surface area contributed by atoms with Crippen molar-refractivity contribution >= 4 is 18.8 Å². The molecule has 190 valence electrons. The van der Waals surface area contributed by atoms with E-state index in [1.165, 1.54) is 27.0 Å². The summed E-state index contributed by atoms with van der Waals surface area (Å²) >= 11 is 0. The van der Waals surface area contributed by atoms with E-state index in [0.29, 0.717) is 0 Å². The van der Waals surface area contributed by atoms with Crippen molar-refractivity contribution in [2.75, 3.05) is 0 Å². The first-order chi connectivity index (χ1) is 15.6. The SMILES string of the molecule is CCC(C)(C[C@H]1O[C@@H](n2cc3nc(C)c(=O)[nH]c3nc2=O)[C@@H](O)C1O)OP(=O)(O)C(C)(O)CC.